The van der Waals surface area contributed by atoms with Crippen molar-refractivity contribution in [1.29, 1.82) is 0 Å². The van der Waals surface area contributed by atoms with Crippen LogP contribution in [0.15, 0.2) is 21.2 Å². The second-order valence-corrected chi connectivity index (χ2v) is 3.60. The molecule has 1 aromatic rings. The minimum atomic E-state index is -0.460. The van der Waals surface area contributed by atoms with Crippen molar-refractivity contribution < 1.29 is 13.9 Å². The Labute approximate surface area is 90.5 Å². The van der Waals surface area contributed by atoms with Crippen molar-refractivity contribution in [3.05, 3.63) is 22.6 Å². The molecule has 1 atom stereocenters. The third-order valence-corrected chi connectivity index (χ3v) is 2.33. The standard InChI is InChI=1S/C9H12BrNO3/c1-2-13-8(12)5-7(11)9-6(10)3-4-14-9/h3-4,7H,2,5,11H2,1H3/t7-/m0/s1. The fourth-order valence-corrected chi connectivity index (χ4v) is 1.56. The van der Waals surface area contributed by atoms with Gasteiger partial charge >= 0.3 is 5.97 Å². The predicted molar refractivity (Wildman–Crippen MR) is 54.6 cm³/mol. The molecule has 0 aromatic carbocycles. The van der Waals surface area contributed by atoms with Crippen molar-refractivity contribution in [3.8, 4) is 0 Å². The maximum Gasteiger partial charge on any atom is 0.307 e. The summed E-state index contributed by atoms with van der Waals surface area (Å²) in [5.74, 6) is 0.251. The maximum absolute atomic E-state index is 11.1. The Hall–Kier alpha value is -0.810. The Kier molecular flexibility index (Phi) is 4.16. The normalized spacial score (nSPS) is 12.5. The number of carbonyl (C=O) groups is 1. The van der Waals surface area contributed by atoms with E-state index in [9.17, 15) is 4.79 Å². The van der Waals surface area contributed by atoms with Crippen LogP contribution in [-0.2, 0) is 9.53 Å². The molecule has 4 nitrogen and oxygen atoms in total. The Morgan fingerprint density at radius 1 is 1.79 bits per heavy atom. The van der Waals surface area contributed by atoms with Crippen LogP contribution in [0.4, 0.5) is 0 Å². The summed E-state index contributed by atoms with van der Waals surface area (Å²) in [6, 6.07) is 1.28. The van der Waals surface area contributed by atoms with Crippen molar-refractivity contribution in [2.24, 2.45) is 5.73 Å². The number of furan rings is 1. The molecule has 2 N–H and O–H groups in total. The molecule has 14 heavy (non-hydrogen) atoms. The maximum atomic E-state index is 11.1. The van der Waals surface area contributed by atoms with E-state index in [2.05, 4.69) is 15.9 Å². The lowest BCUT2D eigenvalue weighted by Gasteiger charge is -2.08. The molecule has 0 unspecified atom stereocenters. The molecule has 78 valence electrons. The predicted octanol–water partition coefficient (Wildman–Crippen LogP) is 2.00. The van der Waals surface area contributed by atoms with Crippen LogP contribution >= 0.6 is 15.9 Å². The molecule has 0 spiro atoms. The van der Waals surface area contributed by atoms with Gasteiger partial charge in [0, 0.05) is 0 Å². The zero-order valence-corrected chi connectivity index (χ0v) is 9.41. The van der Waals surface area contributed by atoms with E-state index in [1.54, 1.807) is 13.0 Å². The van der Waals surface area contributed by atoms with Crippen molar-refractivity contribution >= 4 is 21.9 Å². The lowest BCUT2D eigenvalue weighted by molar-refractivity contribution is -0.143. The van der Waals surface area contributed by atoms with Crippen LogP contribution < -0.4 is 5.73 Å². The molecular formula is C9H12BrNO3. The molecule has 0 aliphatic carbocycles. The minimum absolute atomic E-state index is 0.125. The fraction of sp³-hybridized carbons (Fsp3) is 0.444. The molecule has 0 aliphatic heterocycles. The Morgan fingerprint density at radius 2 is 2.50 bits per heavy atom. The number of rotatable bonds is 4. The van der Waals surface area contributed by atoms with Crippen molar-refractivity contribution in [1.82, 2.24) is 0 Å². The van der Waals surface area contributed by atoms with Gasteiger partial charge in [-0.15, -0.1) is 0 Å². The van der Waals surface area contributed by atoms with Crippen molar-refractivity contribution in [2.75, 3.05) is 6.61 Å². The number of esters is 1. The summed E-state index contributed by atoms with van der Waals surface area (Å²) in [5, 5.41) is 0. The van der Waals surface area contributed by atoms with Crippen LogP contribution in [-0.4, -0.2) is 12.6 Å². The van der Waals surface area contributed by atoms with Gasteiger partial charge in [0.15, 0.2) is 0 Å². The summed E-state index contributed by atoms with van der Waals surface area (Å²) in [7, 11) is 0. The first-order chi connectivity index (χ1) is 6.65. The fourth-order valence-electron chi connectivity index (χ4n) is 1.06. The van der Waals surface area contributed by atoms with Crippen LogP contribution in [0.5, 0.6) is 0 Å². The van der Waals surface area contributed by atoms with Crippen LogP contribution in [0.2, 0.25) is 0 Å². The van der Waals surface area contributed by atoms with Crippen LogP contribution in [0, 0.1) is 0 Å². The first-order valence-corrected chi connectivity index (χ1v) is 5.08. The second kappa shape index (κ2) is 5.17. The number of carbonyl (C=O) groups excluding carboxylic acids is 1. The second-order valence-electron chi connectivity index (χ2n) is 2.75. The van der Waals surface area contributed by atoms with Gasteiger partial charge < -0.3 is 14.9 Å². The van der Waals surface area contributed by atoms with Gasteiger partial charge in [0.25, 0.3) is 0 Å². The molecule has 1 aromatic heterocycles. The van der Waals surface area contributed by atoms with E-state index in [-0.39, 0.29) is 12.4 Å². The highest BCUT2D eigenvalue weighted by molar-refractivity contribution is 9.10. The smallest absolute Gasteiger partial charge is 0.307 e. The minimum Gasteiger partial charge on any atom is -0.466 e. The third kappa shape index (κ3) is 2.85. The molecule has 0 bridgehead atoms. The SMILES string of the molecule is CCOC(=O)C[C@H](N)c1occc1Br. The van der Waals surface area contributed by atoms with E-state index in [1.165, 1.54) is 6.26 Å². The zero-order chi connectivity index (χ0) is 10.6. The summed E-state index contributed by atoms with van der Waals surface area (Å²) in [5.41, 5.74) is 5.75. The molecule has 0 aliphatic rings. The van der Waals surface area contributed by atoms with Gasteiger partial charge in [-0.1, -0.05) is 0 Å². The number of nitrogens with two attached hydrogens (primary N) is 1. The monoisotopic (exact) mass is 261 g/mol. The summed E-state index contributed by atoms with van der Waals surface area (Å²) in [6.07, 6.45) is 1.64. The van der Waals surface area contributed by atoms with E-state index >= 15 is 0 Å². The highest BCUT2D eigenvalue weighted by Gasteiger charge is 2.17. The molecule has 1 rings (SSSR count). The number of halogens is 1. The Morgan fingerprint density at radius 3 is 3.00 bits per heavy atom. The van der Waals surface area contributed by atoms with Crippen LogP contribution in [0.1, 0.15) is 25.1 Å². The van der Waals surface area contributed by atoms with Crippen molar-refractivity contribution in [3.63, 3.8) is 0 Å². The van der Waals surface area contributed by atoms with Gasteiger partial charge in [-0.25, -0.2) is 0 Å². The summed E-state index contributed by atoms with van der Waals surface area (Å²) >= 11 is 3.27. The largest absolute Gasteiger partial charge is 0.466 e. The number of hydrogen-bond donors (Lipinski definition) is 1. The topological polar surface area (TPSA) is 65.5 Å². The molecule has 5 heteroatoms. The van der Waals surface area contributed by atoms with Gasteiger partial charge in [0.1, 0.15) is 5.76 Å². The van der Waals surface area contributed by atoms with E-state index in [4.69, 9.17) is 14.9 Å². The lowest BCUT2D eigenvalue weighted by Crippen LogP contribution is -2.17. The quantitative estimate of drug-likeness (QED) is 0.843. The molecular weight excluding hydrogens is 250 g/mol. The molecule has 0 saturated heterocycles. The van der Waals surface area contributed by atoms with Gasteiger partial charge in [0.05, 0.1) is 29.8 Å². The average Bonchev–Trinajstić information content (AvgIpc) is 2.51. The summed E-state index contributed by atoms with van der Waals surface area (Å²) in [6.45, 7) is 2.12. The Bertz CT molecular complexity index is 311. The summed E-state index contributed by atoms with van der Waals surface area (Å²) in [4.78, 5) is 11.1. The van der Waals surface area contributed by atoms with Gasteiger partial charge in [0.2, 0.25) is 0 Å². The van der Waals surface area contributed by atoms with Crippen molar-refractivity contribution in [2.45, 2.75) is 19.4 Å². The van der Waals surface area contributed by atoms with E-state index < -0.39 is 6.04 Å². The average molecular weight is 262 g/mol. The van der Waals surface area contributed by atoms with Crippen LogP contribution in [0.3, 0.4) is 0 Å². The van der Waals surface area contributed by atoms with E-state index in [1.807, 2.05) is 0 Å². The molecule has 0 fully saturated rings. The van der Waals surface area contributed by atoms with Gasteiger partial charge in [-0.05, 0) is 28.9 Å². The number of ether oxygens (including phenoxy) is 1. The van der Waals surface area contributed by atoms with E-state index in [0.717, 1.165) is 4.47 Å². The third-order valence-electron chi connectivity index (χ3n) is 1.67. The van der Waals surface area contributed by atoms with Gasteiger partial charge in [-0.3, -0.25) is 4.79 Å². The molecule has 0 radical (unpaired) electrons. The molecule has 0 amide bonds. The highest BCUT2D eigenvalue weighted by atomic mass is 79.9. The Balaban J connectivity index is 2.54. The van der Waals surface area contributed by atoms with E-state index in [0.29, 0.717) is 12.4 Å². The van der Waals surface area contributed by atoms with Gasteiger partial charge in [-0.2, -0.15) is 0 Å². The summed E-state index contributed by atoms with van der Waals surface area (Å²) < 4.78 is 10.7. The number of hydrogen-bond acceptors (Lipinski definition) is 4. The molecule has 1 heterocycles. The first kappa shape index (κ1) is 11.3. The molecule has 0 saturated carbocycles. The highest BCUT2D eigenvalue weighted by Crippen LogP contribution is 2.25. The lowest BCUT2D eigenvalue weighted by atomic mass is 10.2. The zero-order valence-electron chi connectivity index (χ0n) is 7.83. The van der Waals surface area contributed by atoms with Crippen LogP contribution in [0.25, 0.3) is 0 Å². The first-order valence-electron chi connectivity index (χ1n) is 4.29.